The van der Waals surface area contributed by atoms with Crippen molar-refractivity contribution in [3.63, 3.8) is 0 Å². The van der Waals surface area contributed by atoms with E-state index in [4.69, 9.17) is 11.6 Å². The minimum Gasteiger partial charge on any atom is -0.314 e. The van der Waals surface area contributed by atoms with Gasteiger partial charge in [0.15, 0.2) is 0 Å². The summed E-state index contributed by atoms with van der Waals surface area (Å²) in [6.45, 7) is 1.69. The van der Waals surface area contributed by atoms with Crippen LogP contribution >= 0.6 is 11.6 Å². The lowest BCUT2D eigenvalue weighted by Crippen LogP contribution is -2.21. The number of aromatic nitrogens is 1. The zero-order valence-electron chi connectivity index (χ0n) is 8.53. The molecule has 14 heavy (non-hydrogen) atoms. The van der Waals surface area contributed by atoms with Crippen LogP contribution in [0, 0.1) is 0 Å². The van der Waals surface area contributed by atoms with Gasteiger partial charge in [-0.1, -0.05) is 11.6 Å². The van der Waals surface area contributed by atoms with Crippen LogP contribution in [0.25, 0.3) is 0 Å². The fourth-order valence-electron chi connectivity index (χ4n) is 1.23. The van der Waals surface area contributed by atoms with Crippen LogP contribution in [-0.2, 0) is 6.54 Å². The lowest BCUT2D eigenvalue weighted by Gasteiger charge is -2.10. The highest BCUT2D eigenvalue weighted by molar-refractivity contribution is 6.30. The maximum absolute atomic E-state index is 11.3. The Bertz CT molecular complexity index is 346. The number of rotatable bonds is 4. The third-order valence-electron chi connectivity index (χ3n) is 1.95. The number of aryl methyl sites for hydroxylation is 1. The SMILES string of the molecule is CN(C)CCCn1cc(Cl)ccc1=O. The zero-order chi connectivity index (χ0) is 10.6. The van der Waals surface area contributed by atoms with Crippen LogP contribution in [0.3, 0.4) is 0 Å². The summed E-state index contributed by atoms with van der Waals surface area (Å²) in [4.78, 5) is 13.4. The van der Waals surface area contributed by atoms with Gasteiger partial charge >= 0.3 is 0 Å². The highest BCUT2D eigenvalue weighted by Crippen LogP contribution is 2.03. The van der Waals surface area contributed by atoms with E-state index in [2.05, 4.69) is 4.90 Å². The molecule has 0 unspecified atom stereocenters. The highest BCUT2D eigenvalue weighted by Gasteiger charge is 1.97. The molecule has 0 saturated carbocycles. The minimum absolute atomic E-state index is 0.00755. The van der Waals surface area contributed by atoms with Crippen LogP contribution in [0.4, 0.5) is 0 Å². The van der Waals surface area contributed by atoms with E-state index in [1.165, 1.54) is 6.07 Å². The lowest BCUT2D eigenvalue weighted by atomic mass is 10.4. The predicted octanol–water partition coefficient (Wildman–Crippen LogP) is 1.45. The number of halogens is 1. The van der Waals surface area contributed by atoms with Crippen molar-refractivity contribution in [2.24, 2.45) is 0 Å². The summed E-state index contributed by atoms with van der Waals surface area (Å²) in [5.74, 6) is 0. The van der Waals surface area contributed by atoms with E-state index < -0.39 is 0 Å². The van der Waals surface area contributed by atoms with Gasteiger partial charge in [-0.15, -0.1) is 0 Å². The first-order chi connectivity index (χ1) is 6.59. The highest BCUT2D eigenvalue weighted by atomic mass is 35.5. The van der Waals surface area contributed by atoms with E-state index in [-0.39, 0.29) is 5.56 Å². The molecule has 0 radical (unpaired) electrons. The van der Waals surface area contributed by atoms with Gasteiger partial charge in [0.2, 0.25) is 0 Å². The molecule has 0 aliphatic rings. The first-order valence-electron chi connectivity index (χ1n) is 4.60. The number of hydrogen-bond acceptors (Lipinski definition) is 2. The monoisotopic (exact) mass is 214 g/mol. The van der Waals surface area contributed by atoms with Crippen molar-refractivity contribution in [3.8, 4) is 0 Å². The summed E-state index contributed by atoms with van der Waals surface area (Å²) in [5.41, 5.74) is 0.00755. The predicted molar refractivity (Wildman–Crippen MR) is 58.9 cm³/mol. The summed E-state index contributed by atoms with van der Waals surface area (Å²) >= 11 is 5.79. The van der Waals surface area contributed by atoms with E-state index >= 15 is 0 Å². The van der Waals surface area contributed by atoms with Crippen LogP contribution in [0.1, 0.15) is 6.42 Å². The molecule has 0 fully saturated rings. The Hall–Kier alpha value is -0.800. The Kier molecular flexibility index (Phi) is 4.17. The van der Waals surface area contributed by atoms with Crippen LogP contribution in [0.2, 0.25) is 5.02 Å². The largest absolute Gasteiger partial charge is 0.314 e. The second-order valence-electron chi connectivity index (χ2n) is 3.54. The van der Waals surface area contributed by atoms with E-state index in [0.29, 0.717) is 5.02 Å². The van der Waals surface area contributed by atoms with Gasteiger partial charge in [-0.2, -0.15) is 0 Å². The molecule has 1 aromatic rings. The molecule has 1 rings (SSSR count). The van der Waals surface area contributed by atoms with Gasteiger partial charge < -0.3 is 9.47 Å². The van der Waals surface area contributed by atoms with E-state index in [1.54, 1.807) is 16.8 Å². The molecule has 0 atom stereocenters. The molecule has 0 aliphatic heterocycles. The average molecular weight is 215 g/mol. The van der Waals surface area contributed by atoms with Gasteiger partial charge in [-0.25, -0.2) is 0 Å². The molecule has 3 nitrogen and oxygen atoms in total. The van der Waals surface area contributed by atoms with Gasteiger partial charge in [-0.3, -0.25) is 4.79 Å². The van der Waals surface area contributed by atoms with Gasteiger partial charge in [-0.05, 0) is 33.1 Å². The molecule has 0 spiro atoms. The number of nitrogens with zero attached hydrogens (tertiary/aromatic N) is 2. The minimum atomic E-state index is 0.00755. The Balaban J connectivity index is 2.58. The third kappa shape index (κ3) is 3.52. The summed E-state index contributed by atoms with van der Waals surface area (Å²) < 4.78 is 1.64. The summed E-state index contributed by atoms with van der Waals surface area (Å²) in [6.07, 6.45) is 2.63. The molecule has 1 aromatic heterocycles. The van der Waals surface area contributed by atoms with Crippen LogP contribution in [-0.4, -0.2) is 30.1 Å². The van der Waals surface area contributed by atoms with Crippen molar-refractivity contribution in [3.05, 3.63) is 33.7 Å². The molecule has 0 N–H and O–H groups in total. The summed E-state index contributed by atoms with van der Waals surface area (Å²) in [6, 6.07) is 3.12. The standard InChI is InChI=1S/C10H15ClN2O/c1-12(2)6-3-7-13-8-9(11)4-5-10(13)14/h4-5,8H,3,6-7H2,1-2H3. The van der Waals surface area contributed by atoms with Crippen molar-refractivity contribution in [1.29, 1.82) is 0 Å². The zero-order valence-corrected chi connectivity index (χ0v) is 9.29. The molecular formula is C10H15ClN2O. The average Bonchev–Trinajstić information content (AvgIpc) is 2.10. The fourth-order valence-corrected chi connectivity index (χ4v) is 1.41. The Labute approximate surface area is 88.9 Å². The second-order valence-corrected chi connectivity index (χ2v) is 3.97. The fraction of sp³-hybridized carbons (Fsp3) is 0.500. The van der Waals surface area contributed by atoms with E-state index in [0.717, 1.165) is 19.5 Å². The Morgan fingerprint density at radius 3 is 2.79 bits per heavy atom. The first kappa shape index (κ1) is 11.3. The molecule has 1 heterocycles. The van der Waals surface area contributed by atoms with Crippen molar-refractivity contribution >= 4 is 11.6 Å². The van der Waals surface area contributed by atoms with Gasteiger partial charge in [0, 0.05) is 18.8 Å². The third-order valence-corrected chi connectivity index (χ3v) is 2.18. The Morgan fingerprint density at radius 1 is 1.43 bits per heavy atom. The molecule has 0 saturated heterocycles. The number of hydrogen-bond donors (Lipinski definition) is 0. The van der Waals surface area contributed by atoms with Crippen molar-refractivity contribution in [2.75, 3.05) is 20.6 Å². The molecule has 0 amide bonds. The topological polar surface area (TPSA) is 25.2 Å². The maximum Gasteiger partial charge on any atom is 0.250 e. The summed E-state index contributed by atoms with van der Waals surface area (Å²) in [5, 5.41) is 0.606. The molecule has 0 aliphatic carbocycles. The van der Waals surface area contributed by atoms with Crippen molar-refractivity contribution in [2.45, 2.75) is 13.0 Å². The van der Waals surface area contributed by atoms with Crippen LogP contribution in [0.5, 0.6) is 0 Å². The van der Waals surface area contributed by atoms with Gasteiger partial charge in [0.1, 0.15) is 0 Å². The van der Waals surface area contributed by atoms with Crippen LogP contribution < -0.4 is 5.56 Å². The van der Waals surface area contributed by atoms with Gasteiger partial charge in [0.25, 0.3) is 5.56 Å². The maximum atomic E-state index is 11.3. The lowest BCUT2D eigenvalue weighted by molar-refractivity contribution is 0.385. The van der Waals surface area contributed by atoms with Crippen molar-refractivity contribution in [1.82, 2.24) is 9.47 Å². The quantitative estimate of drug-likeness (QED) is 0.758. The molecule has 4 heteroatoms. The van der Waals surface area contributed by atoms with Crippen molar-refractivity contribution < 1.29 is 0 Å². The summed E-state index contributed by atoms with van der Waals surface area (Å²) in [7, 11) is 4.03. The van der Waals surface area contributed by atoms with E-state index in [1.807, 2.05) is 14.1 Å². The number of pyridine rings is 1. The first-order valence-corrected chi connectivity index (χ1v) is 4.98. The smallest absolute Gasteiger partial charge is 0.250 e. The van der Waals surface area contributed by atoms with Gasteiger partial charge in [0.05, 0.1) is 5.02 Å². The normalized spacial score (nSPS) is 10.9. The molecule has 0 bridgehead atoms. The molecular weight excluding hydrogens is 200 g/mol. The Morgan fingerprint density at radius 2 is 2.14 bits per heavy atom. The van der Waals surface area contributed by atoms with E-state index in [9.17, 15) is 4.79 Å². The van der Waals surface area contributed by atoms with Crippen LogP contribution in [0.15, 0.2) is 23.1 Å². The molecule has 78 valence electrons. The second kappa shape index (κ2) is 5.17. The molecule has 0 aromatic carbocycles.